The van der Waals surface area contributed by atoms with Crippen molar-refractivity contribution in [2.75, 3.05) is 20.6 Å². The average Bonchev–Trinajstić information content (AvgIpc) is 2.66. The summed E-state index contributed by atoms with van der Waals surface area (Å²) in [7, 11) is 4.34. The second-order valence-corrected chi connectivity index (χ2v) is 8.37. The molecule has 0 aromatic heterocycles. The molecule has 1 unspecified atom stereocenters. The summed E-state index contributed by atoms with van der Waals surface area (Å²) in [5.74, 6) is 0.604. The van der Waals surface area contributed by atoms with Crippen LogP contribution in [0.5, 0.6) is 0 Å². The monoisotopic (exact) mass is 387 g/mol. The first-order valence-corrected chi connectivity index (χ1v) is 11.9. The average molecular weight is 388 g/mol. The number of rotatable bonds is 17. The van der Waals surface area contributed by atoms with Crippen molar-refractivity contribution in [3.63, 3.8) is 0 Å². The molecule has 0 rings (SSSR count). The summed E-state index contributed by atoms with van der Waals surface area (Å²) in [4.78, 5) is 2.30. The minimum atomic E-state index is 0.604. The van der Waals surface area contributed by atoms with Crippen LogP contribution in [0.25, 0.3) is 0 Å². The molecule has 0 aromatic carbocycles. The summed E-state index contributed by atoms with van der Waals surface area (Å²) in [6.45, 7) is 10.4. The maximum atomic E-state index is 2.41. The van der Waals surface area contributed by atoms with Gasteiger partial charge < -0.3 is 4.90 Å². The highest BCUT2D eigenvalue weighted by molar-refractivity contribution is 5.30. The Kier molecular flexibility index (Phi) is 18.5. The van der Waals surface area contributed by atoms with Crippen molar-refractivity contribution in [3.8, 4) is 0 Å². The Morgan fingerprint density at radius 3 is 2.25 bits per heavy atom. The molecular formula is C27H49N. The Labute approximate surface area is 177 Å². The van der Waals surface area contributed by atoms with Crippen molar-refractivity contribution in [1.29, 1.82) is 0 Å². The molecule has 0 aliphatic rings. The number of unbranched alkanes of at least 4 members (excludes halogenated alkanes) is 4. The highest BCUT2D eigenvalue weighted by Gasteiger charge is 2.11. The van der Waals surface area contributed by atoms with Crippen LogP contribution in [0.4, 0.5) is 0 Å². The van der Waals surface area contributed by atoms with Gasteiger partial charge in [0.2, 0.25) is 0 Å². The van der Waals surface area contributed by atoms with E-state index in [1.165, 1.54) is 64.3 Å². The van der Waals surface area contributed by atoms with Gasteiger partial charge in [-0.05, 0) is 77.1 Å². The van der Waals surface area contributed by atoms with Crippen LogP contribution >= 0.6 is 0 Å². The minimum absolute atomic E-state index is 0.604. The summed E-state index contributed by atoms with van der Waals surface area (Å²) in [5, 5.41) is 0. The fourth-order valence-electron chi connectivity index (χ4n) is 3.53. The third-order valence-corrected chi connectivity index (χ3v) is 5.21. The highest BCUT2D eigenvalue weighted by Crippen LogP contribution is 2.27. The largest absolute Gasteiger partial charge is 0.309 e. The Morgan fingerprint density at radius 2 is 1.61 bits per heavy atom. The molecule has 162 valence electrons. The van der Waals surface area contributed by atoms with Crippen molar-refractivity contribution >= 4 is 0 Å². The van der Waals surface area contributed by atoms with Crippen molar-refractivity contribution in [1.82, 2.24) is 4.90 Å². The van der Waals surface area contributed by atoms with Crippen molar-refractivity contribution < 1.29 is 0 Å². The van der Waals surface area contributed by atoms with Gasteiger partial charge in [0.1, 0.15) is 0 Å². The SMILES string of the molecule is CC/C=C/C=C/C(=C(/CCC)CCCCCN(C)C)C(C)C/C=C/CCCC. The van der Waals surface area contributed by atoms with Gasteiger partial charge in [-0.2, -0.15) is 0 Å². The summed E-state index contributed by atoms with van der Waals surface area (Å²) in [6, 6.07) is 0. The molecule has 0 bridgehead atoms. The Balaban J connectivity index is 5.12. The lowest BCUT2D eigenvalue weighted by Gasteiger charge is -2.18. The van der Waals surface area contributed by atoms with Crippen LogP contribution in [0.1, 0.15) is 98.3 Å². The van der Waals surface area contributed by atoms with E-state index in [1.807, 2.05) is 0 Å². The van der Waals surface area contributed by atoms with Gasteiger partial charge in [-0.15, -0.1) is 0 Å². The lowest BCUT2D eigenvalue weighted by Crippen LogP contribution is -2.12. The first-order valence-electron chi connectivity index (χ1n) is 11.9. The van der Waals surface area contributed by atoms with Gasteiger partial charge in [-0.25, -0.2) is 0 Å². The molecule has 0 aliphatic heterocycles. The topological polar surface area (TPSA) is 3.24 Å². The smallest absolute Gasteiger partial charge is 0.00248 e. The van der Waals surface area contributed by atoms with E-state index >= 15 is 0 Å². The summed E-state index contributed by atoms with van der Waals surface area (Å²) in [5.41, 5.74) is 3.29. The molecule has 0 aromatic rings. The van der Waals surface area contributed by atoms with Crippen molar-refractivity contribution in [2.45, 2.75) is 98.3 Å². The van der Waals surface area contributed by atoms with Crippen molar-refractivity contribution in [3.05, 3.63) is 47.6 Å². The molecule has 1 atom stereocenters. The third kappa shape index (κ3) is 14.9. The molecule has 0 heterocycles. The fraction of sp³-hybridized carbons (Fsp3) is 0.704. The minimum Gasteiger partial charge on any atom is -0.309 e. The normalized spacial score (nSPS) is 14.7. The van der Waals surface area contributed by atoms with E-state index in [2.05, 4.69) is 83.1 Å². The molecular weight excluding hydrogens is 338 g/mol. The molecule has 0 spiro atoms. The van der Waals surface area contributed by atoms with Gasteiger partial charge in [0, 0.05) is 0 Å². The van der Waals surface area contributed by atoms with Gasteiger partial charge in [0.05, 0.1) is 0 Å². The molecule has 0 aliphatic carbocycles. The molecule has 0 saturated heterocycles. The molecule has 0 saturated carbocycles. The summed E-state index contributed by atoms with van der Waals surface area (Å²) < 4.78 is 0. The predicted molar refractivity (Wildman–Crippen MR) is 130 cm³/mol. The van der Waals surface area contributed by atoms with E-state index in [0.29, 0.717) is 5.92 Å². The lowest BCUT2D eigenvalue weighted by molar-refractivity contribution is 0.391. The molecule has 1 heteroatoms. The molecule has 0 N–H and O–H groups in total. The molecule has 0 radical (unpaired) electrons. The van der Waals surface area contributed by atoms with Crippen molar-refractivity contribution in [2.24, 2.45) is 5.92 Å². The maximum Gasteiger partial charge on any atom is -0.00248 e. The van der Waals surface area contributed by atoms with E-state index in [-0.39, 0.29) is 0 Å². The highest BCUT2D eigenvalue weighted by atomic mass is 15.0. The van der Waals surface area contributed by atoms with E-state index < -0.39 is 0 Å². The van der Waals surface area contributed by atoms with Crippen LogP contribution in [-0.2, 0) is 0 Å². The molecule has 0 amide bonds. The van der Waals surface area contributed by atoms with Crippen LogP contribution in [0.3, 0.4) is 0 Å². The second-order valence-electron chi connectivity index (χ2n) is 8.37. The van der Waals surface area contributed by atoms with Gasteiger partial charge >= 0.3 is 0 Å². The zero-order valence-corrected chi connectivity index (χ0v) is 20.0. The Bertz CT molecular complexity index is 465. The molecule has 0 fully saturated rings. The van der Waals surface area contributed by atoms with Crippen LogP contribution in [0.2, 0.25) is 0 Å². The zero-order chi connectivity index (χ0) is 21.0. The standard InChI is InChI=1S/C27H49N/c1-7-10-12-14-16-21-25(4)27(23-18-13-11-8-2)26(20-9-3)22-17-15-19-24-28(5)6/h11,13-14,16,18,23,25H,7-10,12,15,17,19-22,24H2,1-6H3/b13-11+,16-14+,23-18+,27-26+. The fourth-order valence-corrected chi connectivity index (χ4v) is 3.53. The predicted octanol–water partition coefficient (Wildman–Crippen LogP) is 8.50. The first-order chi connectivity index (χ1) is 13.6. The van der Waals surface area contributed by atoms with Crippen LogP contribution in [0.15, 0.2) is 47.6 Å². The summed E-state index contributed by atoms with van der Waals surface area (Å²) in [6.07, 6.45) is 27.7. The molecule has 1 nitrogen and oxygen atoms in total. The van der Waals surface area contributed by atoms with E-state index in [1.54, 1.807) is 11.1 Å². The van der Waals surface area contributed by atoms with Gasteiger partial charge in [0.25, 0.3) is 0 Å². The van der Waals surface area contributed by atoms with E-state index in [4.69, 9.17) is 0 Å². The molecule has 28 heavy (non-hydrogen) atoms. The number of allylic oxidation sites excluding steroid dienone is 8. The summed E-state index contributed by atoms with van der Waals surface area (Å²) >= 11 is 0. The van der Waals surface area contributed by atoms with Gasteiger partial charge in [-0.1, -0.05) is 95.4 Å². The zero-order valence-electron chi connectivity index (χ0n) is 20.0. The second kappa shape index (κ2) is 19.2. The quantitative estimate of drug-likeness (QED) is 0.137. The van der Waals surface area contributed by atoms with E-state index in [9.17, 15) is 0 Å². The Morgan fingerprint density at radius 1 is 0.821 bits per heavy atom. The number of hydrogen-bond acceptors (Lipinski definition) is 1. The third-order valence-electron chi connectivity index (χ3n) is 5.21. The lowest BCUT2D eigenvalue weighted by atomic mass is 9.88. The Hall–Kier alpha value is -1.08. The number of nitrogens with zero attached hydrogens (tertiary/aromatic N) is 1. The van der Waals surface area contributed by atoms with Gasteiger partial charge in [-0.3, -0.25) is 0 Å². The van der Waals surface area contributed by atoms with Crippen LogP contribution in [-0.4, -0.2) is 25.5 Å². The van der Waals surface area contributed by atoms with E-state index in [0.717, 1.165) is 12.8 Å². The first kappa shape index (κ1) is 26.9. The number of hydrogen-bond donors (Lipinski definition) is 0. The van der Waals surface area contributed by atoms with Gasteiger partial charge in [0.15, 0.2) is 0 Å². The van der Waals surface area contributed by atoms with Crippen LogP contribution in [0, 0.1) is 5.92 Å². The van der Waals surface area contributed by atoms with Crippen LogP contribution < -0.4 is 0 Å². The maximum absolute atomic E-state index is 2.41.